The number of rotatable bonds is 32. The first-order valence-corrected chi connectivity index (χ1v) is 24.5. The maximum atomic E-state index is 12.3. The Balaban J connectivity index is 0.0000120. The normalized spacial score (nSPS) is 13.8. The summed E-state index contributed by atoms with van der Waals surface area (Å²) < 4.78 is 1.48. The van der Waals surface area contributed by atoms with Gasteiger partial charge in [-0.2, -0.15) is 0 Å². The van der Waals surface area contributed by atoms with E-state index in [4.69, 9.17) is 0 Å². The molecule has 0 aliphatic carbocycles. The van der Waals surface area contributed by atoms with Gasteiger partial charge >= 0.3 is 0 Å². The van der Waals surface area contributed by atoms with E-state index in [0.717, 1.165) is 79.5 Å². The number of hydrogen-bond acceptors (Lipinski definition) is 0. The first kappa shape index (κ1) is 52.2. The van der Waals surface area contributed by atoms with E-state index in [2.05, 4.69) is 125 Å². The fourth-order valence-corrected chi connectivity index (χ4v) is 8.44. The summed E-state index contributed by atoms with van der Waals surface area (Å²) in [5.74, 6) is 8.37. The molecule has 3 rings (SSSR count). The fourth-order valence-electron chi connectivity index (χ4n) is 8.44. The molecule has 2 unspecified atom stereocenters. The third-order valence-corrected chi connectivity index (χ3v) is 12.2. The molecule has 1 aliphatic heterocycles. The van der Waals surface area contributed by atoms with Gasteiger partial charge in [-0.15, -0.1) is 0 Å². The summed E-state index contributed by atoms with van der Waals surface area (Å²) in [5.41, 5.74) is 19.7. The van der Waals surface area contributed by atoms with E-state index >= 15 is 0 Å². The Morgan fingerprint density at radius 1 is 0.542 bits per heavy atom. The minimum absolute atomic E-state index is 0. The summed E-state index contributed by atoms with van der Waals surface area (Å²) in [6, 6.07) is 17.6. The van der Waals surface area contributed by atoms with Crippen molar-refractivity contribution >= 4 is 11.4 Å². The first-order valence-electron chi connectivity index (χ1n) is 24.5. The van der Waals surface area contributed by atoms with Crippen molar-refractivity contribution in [3.63, 3.8) is 0 Å². The van der Waals surface area contributed by atoms with Crippen molar-refractivity contribution in [1.82, 2.24) is 0 Å². The second-order valence-corrected chi connectivity index (χ2v) is 17.2. The zero-order chi connectivity index (χ0) is 41.5. The summed E-state index contributed by atoms with van der Waals surface area (Å²) in [4.78, 5) is 0. The molecule has 3 heteroatoms. The number of unbranched alkanes of at least 4 members (excludes halogenated alkanes) is 14. The van der Waals surface area contributed by atoms with Gasteiger partial charge in [-0.05, 0) is 106 Å². The van der Waals surface area contributed by atoms with Gasteiger partial charge in [0, 0.05) is 34.6 Å². The van der Waals surface area contributed by atoms with Gasteiger partial charge in [-0.3, -0.25) is 0 Å². The van der Waals surface area contributed by atoms with Gasteiger partial charge in [-0.1, -0.05) is 203 Å². The smallest absolute Gasteiger partial charge is 0.223 e. The van der Waals surface area contributed by atoms with Gasteiger partial charge < -0.3 is 5.53 Å². The molecule has 2 atom stereocenters. The zero-order valence-electron chi connectivity index (χ0n) is 38.5. The van der Waals surface area contributed by atoms with Crippen LogP contribution in [0.3, 0.4) is 0 Å². The van der Waals surface area contributed by atoms with Crippen molar-refractivity contribution < 1.29 is 21.2 Å². The van der Waals surface area contributed by atoms with Gasteiger partial charge in [0.25, 0.3) is 0 Å². The molecule has 328 valence electrons. The molecule has 0 saturated carbocycles. The molecule has 2 nitrogen and oxygen atoms in total. The second-order valence-electron chi connectivity index (χ2n) is 17.2. The third-order valence-electron chi connectivity index (χ3n) is 12.2. The SMILES string of the molecule is CCCCC#CC1=C(c2ccccc2CCC(CC=CCCCCCCC)CCCC)[N+](=[N-])C(c2ccccc2CCC(CC=CCCCCCCC)CCCC)=C1.[Ni]. The van der Waals surface area contributed by atoms with E-state index in [1.165, 1.54) is 138 Å². The quantitative estimate of drug-likeness (QED) is 0.0231. The maximum Gasteiger partial charge on any atom is 0.223 e. The summed E-state index contributed by atoms with van der Waals surface area (Å²) in [6.45, 7) is 11.4. The molecule has 0 fully saturated rings. The zero-order valence-corrected chi connectivity index (χ0v) is 39.5. The average Bonchev–Trinajstić information content (AvgIpc) is 3.57. The standard InChI is InChI=1S/C56H84N2.Ni/c1-6-11-16-19-21-23-25-27-36-48(34-14-9-4)43-45-50-38-30-32-41-53(50)55-47-52(40-29-18-13-8-3)56(58(55)57)54-42-33-31-39-51(54)46-44-49(35-15-10-5)37-28-26-24-22-20-17-12-7-2;/h25-28,30-33,38-39,41-42,47-49H,6-24,34-37,43-46H2,1-5H3;. The van der Waals surface area contributed by atoms with Gasteiger partial charge in [0.2, 0.25) is 11.4 Å². The fraction of sp³-hybridized carbons (Fsp3) is 0.607. The van der Waals surface area contributed by atoms with Crippen LogP contribution in [0, 0.1) is 23.7 Å². The molecule has 1 aliphatic rings. The molecular formula is C56H84N2Ni. The topological polar surface area (TPSA) is 25.3 Å². The monoisotopic (exact) mass is 843 g/mol. The number of allylic oxidation sites excluding steroid dienone is 6. The van der Waals surface area contributed by atoms with Crippen LogP contribution in [0.5, 0.6) is 0 Å². The van der Waals surface area contributed by atoms with Crippen LogP contribution in [0.25, 0.3) is 16.9 Å². The van der Waals surface area contributed by atoms with Gasteiger partial charge in [-0.25, -0.2) is 4.70 Å². The van der Waals surface area contributed by atoms with Crippen LogP contribution in [0.1, 0.15) is 217 Å². The van der Waals surface area contributed by atoms with E-state index in [-0.39, 0.29) is 16.5 Å². The van der Waals surface area contributed by atoms with Crippen LogP contribution >= 0.6 is 0 Å². The van der Waals surface area contributed by atoms with Crippen LogP contribution in [0.15, 0.2) is 84.5 Å². The molecule has 59 heavy (non-hydrogen) atoms. The number of benzene rings is 2. The Hall–Kier alpha value is -2.95. The molecule has 2 aromatic carbocycles. The first-order chi connectivity index (χ1) is 28.6. The van der Waals surface area contributed by atoms with Gasteiger partial charge in [0.15, 0.2) is 0 Å². The Kier molecular flexibility index (Phi) is 29.8. The Bertz CT molecular complexity index is 1610. The number of hydrogen-bond donors (Lipinski definition) is 0. The van der Waals surface area contributed by atoms with E-state index in [9.17, 15) is 5.53 Å². The Morgan fingerprint density at radius 2 is 1.02 bits per heavy atom. The molecule has 0 N–H and O–H groups in total. The van der Waals surface area contributed by atoms with E-state index in [0.29, 0.717) is 11.8 Å². The summed E-state index contributed by atoms with van der Waals surface area (Å²) in [7, 11) is 0. The van der Waals surface area contributed by atoms with Crippen molar-refractivity contribution in [1.29, 1.82) is 0 Å². The molecule has 0 bridgehead atoms. The molecule has 0 aromatic heterocycles. The molecule has 0 amide bonds. The minimum atomic E-state index is 0. The predicted octanol–water partition coefficient (Wildman–Crippen LogP) is 17.8. The molecule has 2 aromatic rings. The van der Waals surface area contributed by atoms with Crippen LogP contribution < -0.4 is 0 Å². The molecule has 0 saturated heterocycles. The predicted molar refractivity (Wildman–Crippen MR) is 256 cm³/mol. The van der Waals surface area contributed by atoms with Crippen molar-refractivity contribution in [2.45, 2.75) is 208 Å². The van der Waals surface area contributed by atoms with Crippen LogP contribution in [-0.2, 0) is 29.3 Å². The second kappa shape index (κ2) is 33.7. The Labute approximate surface area is 374 Å². The van der Waals surface area contributed by atoms with Crippen molar-refractivity contribution in [2.75, 3.05) is 0 Å². The van der Waals surface area contributed by atoms with Crippen molar-refractivity contribution in [3.05, 3.63) is 112 Å². The van der Waals surface area contributed by atoms with Gasteiger partial charge in [0.1, 0.15) is 5.57 Å². The third kappa shape index (κ3) is 20.4. The number of aryl methyl sites for hydroxylation is 2. The van der Waals surface area contributed by atoms with Crippen LogP contribution in [0.4, 0.5) is 0 Å². The molecule has 0 spiro atoms. The Morgan fingerprint density at radius 3 is 1.54 bits per heavy atom. The van der Waals surface area contributed by atoms with Crippen LogP contribution in [-0.4, -0.2) is 4.70 Å². The molecule has 1 heterocycles. The molecular weight excluding hydrogens is 759 g/mol. The van der Waals surface area contributed by atoms with E-state index < -0.39 is 0 Å². The minimum Gasteiger partial charge on any atom is -0.493 e. The van der Waals surface area contributed by atoms with Crippen LogP contribution in [0.2, 0.25) is 0 Å². The average molecular weight is 844 g/mol. The summed E-state index contributed by atoms with van der Waals surface area (Å²) in [6.07, 6.45) is 45.2. The van der Waals surface area contributed by atoms with E-state index in [1.54, 1.807) is 0 Å². The van der Waals surface area contributed by atoms with Crippen molar-refractivity contribution in [3.8, 4) is 11.8 Å². The van der Waals surface area contributed by atoms with Gasteiger partial charge in [0.05, 0.1) is 5.56 Å². The summed E-state index contributed by atoms with van der Waals surface area (Å²) >= 11 is 0. The molecule has 0 radical (unpaired) electrons. The van der Waals surface area contributed by atoms with E-state index in [1.807, 2.05) is 0 Å². The summed E-state index contributed by atoms with van der Waals surface area (Å²) in [5, 5.41) is 0. The number of nitrogens with zero attached hydrogens (tertiary/aromatic N) is 2. The maximum absolute atomic E-state index is 12.3. The largest absolute Gasteiger partial charge is 0.493 e. The van der Waals surface area contributed by atoms with Crippen molar-refractivity contribution in [2.24, 2.45) is 11.8 Å².